The van der Waals surface area contributed by atoms with E-state index in [9.17, 15) is 23.2 Å². The number of nitrogens with zero attached hydrogens (tertiary/aromatic N) is 2. The van der Waals surface area contributed by atoms with E-state index in [-0.39, 0.29) is 30.0 Å². The second-order valence-corrected chi connectivity index (χ2v) is 11.5. The van der Waals surface area contributed by atoms with Crippen molar-refractivity contribution in [3.05, 3.63) is 88.6 Å². The molecule has 3 amide bonds. The molecule has 3 atom stereocenters. The third-order valence-electron chi connectivity index (χ3n) is 8.20. The maximum Gasteiger partial charge on any atom is 0.244 e. The zero-order valence-electron chi connectivity index (χ0n) is 22.3. The minimum Gasteiger partial charge on any atom is -0.325 e. The van der Waals surface area contributed by atoms with Gasteiger partial charge in [0.05, 0.1) is 17.0 Å². The third kappa shape index (κ3) is 4.23. The summed E-state index contributed by atoms with van der Waals surface area (Å²) in [6.07, 6.45) is 2.66. The van der Waals surface area contributed by atoms with Crippen molar-refractivity contribution in [1.82, 2.24) is 15.2 Å². The summed E-state index contributed by atoms with van der Waals surface area (Å²) in [7, 11) is 0. The molecule has 1 aliphatic carbocycles. The van der Waals surface area contributed by atoms with Gasteiger partial charge in [0.25, 0.3) is 0 Å². The summed E-state index contributed by atoms with van der Waals surface area (Å²) >= 11 is 0. The lowest BCUT2D eigenvalue weighted by atomic mass is 9.79. The molecule has 6 rings (SSSR count). The molecule has 0 unspecified atom stereocenters. The van der Waals surface area contributed by atoms with Crippen LogP contribution in [0.1, 0.15) is 49.1 Å². The van der Waals surface area contributed by atoms with E-state index in [1.165, 1.54) is 17.0 Å². The lowest BCUT2D eigenvalue weighted by Crippen LogP contribution is -2.66. The predicted molar refractivity (Wildman–Crippen MR) is 145 cm³/mol. The smallest absolute Gasteiger partial charge is 0.244 e. The molecule has 3 aliphatic rings. The van der Waals surface area contributed by atoms with Gasteiger partial charge in [-0.25, -0.2) is 13.8 Å². The Balaban J connectivity index is 1.23. The van der Waals surface area contributed by atoms with E-state index in [4.69, 9.17) is 0 Å². The Morgan fingerprint density at radius 1 is 1.07 bits per heavy atom. The summed E-state index contributed by atoms with van der Waals surface area (Å²) in [6.45, 7) is 4.93. The van der Waals surface area contributed by atoms with Crippen LogP contribution in [-0.4, -0.2) is 45.7 Å². The molecule has 3 aromatic rings. The first kappa shape index (κ1) is 26.1. The largest absolute Gasteiger partial charge is 0.325 e. The van der Waals surface area contributed by atoms with Crippen LogP contribution in [0.4, 0.5) is 20.3 Å². The van der Waals surface area contributed by atoms with Crippen LogP contribution in [-0.2, 0) is 32.6 Å². The van der Waals surface area contributed by atoms with Gasteiger partial charge >= 0.3 is 0 Å². The number of nitrogens with one attached hydrogen (secondary N) is 3. The molecule has 0 bridgehead atoms. The Hall–Kier alpha value is -4.18. The molecular weight excluding hydrogens is 516 g/mol. The average Bonchev–Trinajstić information content (AvgIpc) is 3.38. The third-order valence-corrected chi connectivity index (χ3v) is 8.20. The second-order valence-electron chi connectivity index (χ2n) is 11.5. The van der Waals surface area contributed by atoms with E-state index >= 15 is 0 Å². The molecule has 206 valence electrons. The predicted octanol–water partition coefficient (Wildman–Crippen LogP) is 3.63. The number of rotatable bonds is 4. The maximum atomic E-state index is 14.1. The van der Waals surface area contributed by atoms with Crippen molar-refractivity contribution >= 4 is 29.2 Å². The molecule has 40 heavy (non-hydrogen) atoms. The summed E-state index contributed by atoms with van der Waals surface area (Å²) < 4.78 is 28.2. The zero-order chi connectivity index (χ0) is 28.4. The van der Waals surface area contributed by atoms with Gasteiger partial charge in [-0.15, -0.1) is 0 Å². The average molecular weight is 546 g/mol. The number of hydrogen-bond donors (Lipinski definition) is 3. The van der Waals surface area contributed by atoms with Crippen molar-refractivity contribution in [2.75, 3.05) is 17.2 Å². The number of pyridine rings is 1. The number of carbonyl (C=O) groups excluding carboxylic acids is 3. The summed E-state index contributed by atoms with van der Waals surface area (Å²) in [5, 5.41) is 8.96. The minimum absolute atomic E-state index is 0.0863. The van der Waals surface area contributed by atoms with Gasteiger partial charge in [0.2, 0.25) is 17.7 Å². The molecular formula is C30H29F2N5O3. The number of benzene rings is 2. The first-order valence-corrected chi connectivity index (χ1v) is 13.2. The van der Waals surface area contributed by atoms with Gasteiger partial charge in [-0.2, -0.15) is 0 Å². The molecule has 0 radical (unpaired) electrons. The van der Waals surface area contributed by atoms with Crippen molar-refractivity contribution in [2.45, 2.75) is 56.7 Å². The molecule has 3 heterocycles. The van der Waals surface area contributed by atoms with Gasteiger partial charge in [-0.3, -0.25) is 19.7 Å². The van der Waals surface area contributed by atoms with Crippen LogP contribution in [0.3, 0.4) is 0 Å². The number of piperazine rings is 1. The van der Waals surface area contributed by atoms with Gasteiger partial charge < -0.3 is 15.5 Å². The molecule has 1 fully saturated rings. The Labute approximate surface area is 230 Å². The molecule has 10 heteroatoms. The highest BCUT2D eigenvalue weighted by molar-refractivity contribution is 6.06. The number of fused-ring (bicyclic) bond motifs is 3. The van der Waals surface area contributed by atoms with Crippen LogP contribution in [0.25, 0.3) is 0 Å². The van der Waals surface area contributed by atoms with E-state index in [0.717, 1.165) is 22.8 Å². The van der Waals surface area contributed by atoms with Crippen molar-refractivity contribution < 1.29 is 23.2 Å². The van der Waals surface area contributed by atoms with Crippen molar-refractivity contribution in [3.8, 4) is 0 Å². The van der Waals surface area contributed by atoms with Crippen molar-refractivity contribution in [1.29, 1.82) is 0 Å². The van der Waals surface area contributed by atoms with E-state index < -0.39 is 34.5 Å². The Morgan fingerprint density at radius 2 is 1.80 bits per heavy atom. The number of aromatic nitrogens is 1. The van der Waals surface area contributed by atoms with E-state index in [0.29, 0.717) is 24.3 Å². The SMILES string of the molecule is C[C@H]1NC(C)(C)C(=O)N(CC(=O)Nc2ccc3c(c2)C[C@@]2(C3)C(=O)Nc3ncccc32)[C@@H]1c1cc(F)cc(F)c1. The van der Waals surface area contributed by atoms with Crippen LogP contribution in [0, 0.1) is 11.6 Å². The normalized spacial score (nSPS) is 24.6. The van der Waals surface area contributed by atoms with Crippen LogP contribution in [0.5, 0.6) is 0 Å². The van der Waals surface area contributed by atoms with Crippen LogP contribution in [0.2, 0.25) is 0 Å². The van der Waals surface area contributed by atoms with Gasteiger partial charge in [0, 0.05) is 29.6 Å². The van der Waals surface area contributed by atoms with Gasteiger partial charge in [-0.1, -0.05) is 12.1 Å². The van der Waals surface area contributed by atoms with Crippen molar-refractivity contribution in [3.63, 3.8) is 0 Å². The number of anilines is 2. The summed E-state index contributed by atoms with van der Waals surface area (Å²) in [4.78, 5) is 45.4. The zero-order valence-corrected chi connectivity index (χ0v) is 22.3. The molecule has 1 aromatic heterocycles. The summed E-state index contributed by atoms with van der Waals surface area (Å²) in [5.41, 5.74) is 1.94. The van der Waals surface area contributed by atoms with Crippen molar-refractivity contribution in [2.24, 2.45) is 0 Å². The number of hydrogen-bond acceptors (Lipinski definition) is 5. The highest BCUT2D eigenvalue weighted by atomic mass is 19.1. The van der Waals surface area contributed by atoms with E-state index in [2.05, 4.69) is 20.9 Å². The van der Waals surface area contributed by atoms with Crippen LogP contribution < -0.4 is 16.0 Å². The Kier molecular flexibility index (Phi) is 5.99. The molecule has 1 saturated heterocycles. The fourth-order valence-corrected chi connectivity index (χ4v) is 6.55. The first-order chi connectivity index (χ1) is 19.0. The maximum absolute atomic E-state index is 14.1. The highest BCUT2D eigenvalue weighted by Crippen LogP contribution is 2.47. The number of amides is 3. The molecule has 0 saturated carbocycles. The Bertz CT molecular complexity index is 1550. The van der Waals surface area contributed by atoms with Gasteiger partial charge in [-0.05, 0) is 80.6 Å². The lowest BCUT2D eigenvalue weighted by molar-refractivity contribution is -0.148. The van der Waals surface area contributed by atoms with Crippen LogP contribution >= 0.6 is 0 Å². The monoisotopic (exact) mass is 545 g/mol. The fourth-order valence-electron chi connectivity index (χ4n) is 6.55. The highest BCUT2D eigenvalue weighted by Gasteiger charge is 2.51. The Morgan fingerprint density at radius 3 is 2.55 bits per heavy atom. The molecule has 2 aliphatic heterocycles. The fraction of sp³-hybridized carbons (Fsp3) is 0.333. The second kappa shape index (κ2) is 9.19. The molecule has 2 aromatic carbocycles. The quantitative estimate of drug-likeness (QED) is 0.465. The standard InChI is InChI=1S/C30H29F2N5O3/c1-16-25(18-9-20(31)12-21(32)10-18)37(28(40)29(2,3)36-16)15-24(38)34-22-7-6-17-13-30(14-19(17)11-22)23-5-4-8-33-26(23)35-27(30)39/h4-12,16,25,36H,13-15H2,1-3H3,(H,34,38)(H,33,35,39)/t16-,25+,30-/m1/s1. The summed E-state index contributed by atoms with van der Waals surface area (Å²) in [5.74, 6) is -1.81. The lowest BCUT2D eigenvalue weighted by Gasteiger charge is -2.47. The van der Waals surface area contributed by atoms with Gasteiger partial charge in [0.15, 0.2) is 0 Å². The first-order valence-electron chi connectivity index (χ1n) is 13.2. The van der Waals surface area contributed by atoms with Crippen LogP contribution in [0.15, 0.2) is 54.7 Å². The van der Waals surface area contributed by atoms with Gasteiger partial charge in [0.1, 0.15) is 24.0 Å². The molecule has 8 nitrogen and oxygen atoms in total. The minimum atomic E-state index is -0.975. The topological polar surface area (TPSA) is 103 Å². The molecule has 1 spiro atoms. The van der Waals surface area contributed by atoms with E-state index in [1.54, 1.807) is 26.1 Å². The number of carbonyl (C=O) groups is 3. The summed E-state index contributed by atoms with van der Waals surface area (Å²) in [6, 6.07) is 11.3. The molecule has 3 N–H and O–H groups in total. The number of halogens is 2. The van der Waals surface area contributed by atoms with E-state index in [1.807, 2.05) is 31.2 Å².